The maximum absolute atomic E-state index is 12.8. The van der Waals surface area contributed by atoms with Crippen molar-refractivity contribution >= 4 is 0 Å². The van der Waals surface area contributed by atoms with Gasteiger partial charge in [0.1, 0.15) is 11.4 Å². The number of nitrogens with zero attached hydrogens (tertiary/aromatic N) is 2. The average Bonchev–Trinajstić information content (AvgIpc) is 2.53. The van der Waals surface area contributed by atoms with Gasteiger partial charge in [-0.15, -0.1) is 0 Å². The Morgan fingerprint density at radius 2 is 1.88 bits per heavy atom. The highest BCUT2D eigenvalue weighted by atomic mass is 19.3. The summed E-state index contributed by atoms with van der Waals surface area (Å²) in [6.07, 6.45) is 1.56. The lowest BCUT2D eigenvalue weighted by molar-refractivity contribution is 0.146. The Balaban J connectivity index is 2.11. The maximum Gasteiger partial charge on any atom is 0.280 e. The minimum Gasteiger partial charge on any atom is -0.491 e. The zero-order valence-corrected chi connectivity index (χ0v) is 14.6. The highest BCUT2D eigenvalue weighted by Crippen LogP contribution is 2.26. The third kappa shape index (κ3) is 4.98. The summed E-state index contributed by atoms with van der Waals surface area (Å²) in [7, 11) is 0. The van der Waals surface area contributed by atoms with Crippen LogP contribution in [0.15, 0.2) is 30.6 Å². The summed E-state index contributed by atoms with van der Waals surface area (Å²) in [5.74, 6) is 1.84. The van der Waals surface area contributed by atoms with Gasteiger partial charge in [0.15, 0.2) is 0 Å². The summed E-state index contributed by atoms with van der Waals surface area (Å²) in [5, 5.41) is 0. The Bertz CT molecular complexity index is 674. The largest absolute Gasteiger partial charge is 0.491 e. The third-order valence-corrected chi connectivity index (χ3v) is 3.76. The first kappa shape index (κ1) is 18.3. The van der Waals surface area contributed by atoms with Crippen molar-refractivity contribution in [3.8, 4) is 17.0 Å². The minimum absolute atomic E-state index is 0.241. The molecule has 0 bridgehead atoms. The van der Waals surface area contributed by atoms with Gasteiger partial charge < -0.3 is 4.74 Å². The van der Waals surface area contributed by atoms with Crippen LogP contribution in [0.2, 0.25) is 0 Å². The molecule has 0 fully saturated rings. The zero-order chi connectivity index (χ0) is 17.7. The van der Waals surface area contributed by atoms with Crippen LogP contribution in [0, 0.1) is 18.8 Å². The van der Waals surface area contributed by atoms with Crippen LogP contribution in [0.5, 0.6) is 5.75 Å². The Hall–Kier alpha value is -2.04. The zero-order valence-electron chi connectivity index (χ0n) is 14.6. The van der Waals surface area contributed by atoms with E-state index in [1.165, 1.54) is 12.3 Å². The Morgan fingerprint density at radius 1 is 1.12 bits per heavy atom. The van der Waals surface area contributed by atoms with Crippen LogP contribution < -0.4 is 4.74 Å². The number of aromatic nitrogens is 2. The van der Waals surface area contributed by atoms with E-state index in [1.807, 2.05) is 13.0 Å². The van der Waals surface area contributed by atoms with Crippen molar-refractivity contribution in [2.24, 2.45) is 11.8 Å². The first-order chi connectivity index (χ1) is 11.4. The molecule has 0 spiro atoms. The molecule has 2 aromatic heterocycles. The lowest BCUT2D eigenvalue weighted by atomic mass is 10.00. The second kappa shape index (κ2) is 8.18. The molecule has 0 aromatic carbocycles. The molecule has 0 radical (unpaired) electrons. The Morgan fingerprint density at radius 3 is 2.50 bits per heavy atom. The lowest BCUT2D eigenvalue weighted by Gasteiger charge is -2.16. The highest BCUT2D eigenvalue weighted by molar-refractivity contribution is 5.61. The van der Waals surface area contributed by atoms with Gasteiger partial charge in [0.2, 0.25) is 0 Å². The predicted molar refractivity (Wildman–Crippen MR) is 91.3 cm³/mol. The summed E-state index contributed by atoms with van der Waals surface area (Å²) in [4.78, 5) is 8.03. The molecule has 0 unspecified atom stereocenters. The van der Waals surface area contributed by atoms with E-state index in [-0.39, 0.29) is 5.69 Å². The van der Waals surface area contributed by atoms with E-state index in [1.54, 1.807) is 12.3 Å². The number of pyridine rings is 2. The third-order valence-electron chi connectivity index (χ3n) is 3.76. The van der Waals surface area contributed by atoms with Crippen molar-refractivity contribution in [1.29, 1.82) is 0 Å². The summed E-state index contributed by atoms with van der Waals surface area (Å²) < 4.78 is 31.4. The van der Waals surface area contributed by atoms with E-state index in [4.69, 9.17) is 4.74 Å². The number of alkyl halides is 2. The van der Waals surface area contributed by atoms with Gasteiger partial charge in [-0.25, -0.2) is 8.78 Å². The van der Waals surface area contributed by atoms with Crippen LogP contribution in [0.1, 0.15) is 44.9 Å². The second-order valence-electron chi connectivity index (χ2n) is 6.65. The van der Waals surface area contributed by atoms with Crippen LogP contribution in [0.3, 0.4) is 0 Å². The summed E-state index contributed by atoms with van der Waals surface area (Å²) in [6.45, 7) is 9.13. The number of halogens is 2. The lowest BCUT2D eigenvalue weighted by Crippen LogP contribution is -2.11. The normalized spacial score (nSPS) is 12.7. The molecule has 2 aromatic rings. The number of hydrogen-bond acceptors (Lipinski definition) is 3. The molecule has 24 heavy (non-hydrogen) atoms. The van der Waals surface area contributed by atoms with Gasteiger partial charge in [-0.1, -0.05) is 20.8 Å². The molecule has 2 heterocycles. The molecule has 3 nitrogen and oxygen atoms in total. The topological polar surface area (TPSA) is 35.0 Å². The molecule has 0 amide bonds. The van der Waals surface area contributed by atoms with E-state index in [9.17, 15) is 8.78 Å². The maximum atomic E-state index is 12.8. The fourth-order valence-electron chi connectivity index (χ4n) is 2.68. The van der Waals surface area contributed by atoms with E-state index in [2.05, 4.69) is 30.7 Å². The van der Waals surface area contributed by atoms with E-state index in [0.717, 1.165) is 17.7 Å². The van der Waals surface area contributed by atoms with Gasteiger partial charge in [0.05, 0.1) is 18.5 Å². The van der Waals surface area contributed by atoms with E-state index < -0.39 is 6.43 Å². The predicted octanol–water partition coefficient (Wildman–Crippen LogP) is 5.45. The average molecular weight is 334 g/mol. The van der Waals surface area contributed by atoms with Gasteiger partial charge in [-0.3, -0.25) is 9.97 Å². The standard InChI is InChI=1S/C19H24F2N2O/c1-12(2)7-13(3)11-24-18-10-23-16(8-14(18)4)15-5-6-22-17(9-15)19(20)21/h5-6,8-10,12-13,19H,7,11H2,1-4H3/t13-/m0/s1. The molecule has 0 N–H and O–H groups in total. The highest BCUT2D eigenvalue weighted by Gasteiger charge is 2.12. The quantitative estimate of drug-likeness (QED) is 0.675. The van der Waals surface area contributed by atoms with Gasteiger partial charge in [-0.05, 0) is 48.9 Å². The Labute approximate surface area is 142 Å². The first-order valence-electron chi connectivity index (χ1n) is 8.20. The van der Waals surface area contributed by atoms with Crippen LogP contribution >= 0.6 is 0 Å². The fourth-order valence-corrected chi connectivity index (χ4v) is 2.68. The van der Waals surface area contributed by atoms with Crippen LogP contribution in [0.25, 0.3) is 11.3 Å². The van der Waals surface area contributed by atoms with Crippen LogP contribution in [-0.4, -0.2) is 16.6 Å². The summed E-state index contributed by atoms with van der Waals surface area (Å²) in [5.41, 5.74) is 1.96. The van der Waals surface area contributed by atoms with Crippen LogP contribution in [0.4, 0.5) is 8.78 Å². The van der Waals surface area contributed by atoms with E-state index >= 15 is 0 Å². The Kier molecular flexibility index (Phi) is 6.23. The minimum atomic E-state index is -2.59. The van der Waals surface area contributed by atoms with Crippen molar-refractivity contribution in [2.45, 2.75) is 40.5 Å². The SMILES string of the molecule is Cc1cc(-c2ccnc(C(F)F)c2)ncc1OC[C@@H](C)CC(C)C. The number of hydrogen-bond donors (Lipinski definition) is 0. The second-order valence-corrected chi connectivity index (χ2v) is 6.65. The smallest absolute Gasteiger partial charge is 0.280 e. The number of aryl methyl sites for hydroxylation is 1. The number of rotatable bonds is 7. The molecule has 2 rings (SSSR count). The van der Waals surface area contributed by atoms with Crippen molar-refractivity contribution in [1.82, 2.24) is 9.97 Å². The monoisotopic (exact) mass is 334 g/mol. The van der Waals surface area contributed by atoms with Gasteiger partial charge in [0, 0.05) is 11.8 Å². The van der Waals surface area contributed by atoms with Crippen molar-refractivity contribution in [3.05, 3.63) is 41.9 Å². The van der Waals surface area contributed by atoms with Crippen LogP contribution in [-0.2, 0) is 0 Å². The molecular formula is C19H24F2N2O. The van der Waals surface area contributed by atoms with E-state index in [0.29, 0.717) is 29.7 Å². The molecule has 1 atom stereocenters. The molecule has 0 saturated carbocycles. The molecule has 0 aliphatic carbocycles. The number of ether oxygens (including phenoxy) is 1. The molecule has 0 aliphatic heterocycles. The molecule has 130 valence electrons. The van der Waals surface area contributed by atoms with Gasteiger partial charge in [-0.2, -0.15) is 0 Å². The summed E-state index contributed by atoms with van der Waals surface area (Å²) in [6, 6.07) is 4.91. The van der Waals surface area contributed by atoms with Gasteiger partial charge in [0.25, 0.3) is 6.43 Å². The molecule has 5 heteroatoms. The first-order valence-corrected chi connectivity index (χ1v) is 8.20. The fraction of sp³-hybridized carbons (Fsp3) is 0.474. The van der Waals surface area contributed by atoms with Crippen molar-refractivity contribution < 1.29 is 13.5 Å². The molecular weight excluding hydrogens is 310 g/mol. The molecule has 0 saturated heterocycles. The van der Waals surface area contributed by atoms with Crippen molar-refractivity contribution in [2.75, 3.05) is 6.61 Å². The van der Waals surface area contributed by atoms with Gasteiger partial charge >= 0.3 is 0 Å². The summed E-state index contributed by atoms with van der Waals surface area (Å²) >= 11 is 0. The van der Waals surface area contributed by atoms with Crippen molar-refractivity contribution in [3.63, 3.8) is 0 Å². The molecule has 0 aliphatic rings.